The molecule has 0 amide bonds. The van der Waals surface area contributed by atoms with E-state index in [0.29, 0.717) is 23.2 Å². The lowest BCUT2D eigenvalue weighted by atomic mass is 10.2. The maximum Gasteiger partial charge on any atom is 0.258 e. The van der Waals surface area contributed by atoms with Crippen LogP contribution in [-0.4, -0.2) is 10.1 Å². The van der Waals surface area contributed by atoms with Gasteiger partial charge < -0.3 is 10.3 Å². The fraction of sp³-hybridized carbons (Fsp3) is 0.0667. The molecule has 0 aliphatic heterocycles. The molecule has 0 atom stereocenters. The van der Waals surface area contributed by atoms with Crippen LogP contribution in [0.2, 0.25) is 0 Å². The third kappa shape index (κ3) is 3.46. The predicted octanol–water partition coefficient (Wildman–Crippen LogP) is 4.37. The lowest BCUT2D eigenvalue weighted by Crippen LogP contribution is -1.86. The molecule has 106 valence electrons. The van der Waals surface area contributed by atoms with Gasteiger partial charge in [-0.15, -0.1) is 11.8 Å². The molecule has 0 saturated heterocycles. The zero-order valence-corrected chi connectivity index (χ0v) is 13.4. The van der Waals surface area contributed by atoms with Crippen molar-refractivity contribution in [2.24, 2.45) is 0 Å². The van der Waals surface area contributed by atoms with E-state index in [9.17, 15) is 0 Å². The van der Waals surface area contributed by atoms with Crippen LogP contribution in [0.1, 0.15) is 5.82 Å². The Hall–Kier alpha value is -1.79. The summed E-state index contributed by atoms with van der Waals surface area (Å²) in [5, 5.41) is 4.00. The first-order valence-electron chi connectivity index (χ1n) is 6.28. The Labute approximate surface area is 134 Å². The van der Waals surface area contributed by atoms with Gasteiger partial charge in [0.25, 0.3) is 5.89 Å². The highest BCUT2D eigenvalue weighted by atomic mass is 79.9. The van der Waals surface area contributed by atoms with Crippen molar-refractivity contribution in [3.8, 4) is 11.5 Å². The SMILES string of the molecule is Nc1cccc(-c2nc(CSc3ccccc3Br)no2)c1. The average molecular weight is 362 g/mol. The van der Waals surface area contributed by atoms with Gasteiger partial charge in [0, 0.05) is 20.6 Å². The third-order valence-electron chi connectivity index (χ3n) is 2.80. The Kier molecular flexibility index (Phi) is 4.26. The minimum absolute atomic E-state index is 0.491. The highest BCUT2D eigenvalue weighted by Crippen LogP contribution is 2.29. The number of aromatic nitrogens is 2. The van der Waals surface area contributed by atoms with Gasteiger partial charge in [-0.05, 0) is 46.3 Å². The van der Waals surface area contributed by atoms with E-state index in [1.165, 1.54) is 0 Å². The number of anilines is 1. The molecule has 3 aromatic rings. The molecular weight excluding hydrogens is 350 g/mol. The Balaban J connectivity index is 1.72. The molecule has 0 bridgehead atoms. The second kappa shape index (κ2) is 6.32. The van der Waals surface area contributed by atoms with Gasteiger partial charge in [-0.1, -0.05) is 23.4 Å². The quantitative estimate of drug-likeness (QED) is 0.551. The summed E-state index contributed by atoms with van der Waals surface area (Å²) in [5.41, 5.74) is 7.26. The van der Waals surface area contributed by atoms with Gasteiger partial charge in [-0.2, -0.15) is 4.98 Å². The highest BCUT2D eigenvalue weighted by molar-refractivity contribution is 9.10. The van der Waals surface area contributed by atoms with Crippen LogP contribution in [-0.2, 0) is 5.75 Å². The molecule has 4 nitrogen and oxygen atoms in total. The molecule has 1 aromatic heterocycles. The summed E-state index contributed by atoms with van der Waals surface area (Å²) >= 11 is 5.18. The van der Waals surface area contributed by atoms with Crippen molar-refractivity contribution >= 4 is 33.4 Å². The molecule has 21 heavy (non-hydrogen) atoms. The van der Waals surface area contributed by atoms with Crippen molar-refractivity contribution in [3.63, 3.8) is 0 Å². The number of nitrogen functional groups attached to an aromatic ring is 1. The van der Waals surface area contributed by atoms with E-state index in [2.05, 4.69) is 26.1 Å². The number of thioether (sulfide) groups is 1. The summed E-state index contributed by atoms with van der Waals surface area (Å²) in [6, 6.07) is 15.5. The van der Waals surface area contributed by atoms with Crippen LogP contribution in [0.3, 0.4) is 0 Å². The monoisotopic (exact) mass is 361 g/mol. The summed E-state index contributed by atoms with van der Waals surface area (Å²) in [6.07, 6.45) is 0. The molecule has 0 saturated carbocycles. The van der Waals surface area contributed by atoms with Crippen molar-refractivity contribution in [2.45, 2.75) is 10.6 Å². The van der Waals surface area contributed by atoms with Crippen molar-refractivity contribution in [1.82, 2.24) is 10.1 Å². The number of benzene rings is 2. The molecule has 0 aliphatic rings. The van der Waals surface area contributed by atoms with Gasteiger partial charge >= 0.3 is 0 Å². The van der Waals surface area contributed by atoms with Crippen LogP contribution >= 0.6 is 27.7 Å². The van der Waals surface area contributed by atoms with E-state index in [1.807, 2.05) is 48.5 Å². The highest BCUT2D eigenvalue weighted by Gasteiger charge is 2.10. The Morgan fingerprint density at radius 1 is 1.14 bits per heavy atom. The second-order valence-corrected chi connectivity index (χ2v) is 6.23. The minimum Gasteiger partial charge on any atom is -0.399 e. The zero-order chi connectivity index (χ0) is 14.7. The van der Waals surface area contributed by atoms with E-state index in [-0.39, 0.29) is 0 Å². The van der Waals surface area contributed by atoms with Crippen molar-refractivity contribution in [3.05, 3.63) is 58.8 Å². The van der Waals surface area contributed by atoms with Gasteiger partial charge in [-0.3, -0.25) is 0 Å². The maximum atomic E-state index is 5.75. The Morgan fingerprint density at radius 2 is 2.00 bits per heavy atom. The van der Waals surface area contributed by atoms with Crippen LogP contribution < -0.4 is 5.73 Å². The number of nitrogens with two attached hydrogens (primary N) is 1. The molecule has 2 aromatic carbocycles. The summed E-state index contributed by atoms with van der Waals surface area (Å²) in [4.78, 5) is 5.54. The first-order chi connectivity index (χ1) is 10.2. The molecule has 3 rings (SSSR count). The van der Waals surface area contributed by atoms with Gasteiger partial charge in [0.2, 0.25) is 0 Å². The zero-order valence-electron chi connectivity index (χ0n) is 11.0. The van der Waals surface area contributed by atoms with E-state index >= 15 is 0 Å². The molecule has 6 heteroatoms. The molecule has 2 N–H and O–H groups in total. The number of hydrogen-bond donors (Lipinski definition) is 1. The molecule has 0 spiro atoms. The van der Waals surface area contributed by atoms with E-state index < -0.39 is 0 Å². The molecular formula is C15H12BrN3OS. The predicted molar refractivity (Wildman–Crippen MR) is 87.8 cm³/mol. The third-order valence-corrected chi connectivity index (χ3v) is 4.82. The molecule has 0 radical (unpaired) electrons. The number of nitrogens with zero attached hydrogens (tertiary/aromatic N) is 2. The summed E-state index contributed by atoms with van der Waals surface area (Å²) in [5.74, 6) is 1.80. The fourth-order valence-electron chi connectivity index (χ4n) is 1.81. The largest absolute Gasteiger partial charge is 0.399 e. The Bertz CT molecular complexity index is 760. The van der Waals surface area contributed by atoms with Crippen LogP contribution in [0.25, 0.3) is 11.5 Å². The molecule has 0 fully saturated rings. The second-order valence-electron chi connectivity index (χ2n) is 4.36. The summed E-state index contributed by atoms with van der Waals surface area (Å²) in [7, 11) is 0. The van der Waals surface area contributed by atoms with E-state index in [1.54, 1.807) is 11.8 Å². The first kappa shape index (κ1) is 14.2. The van der Waals surface area contributed by atoms with E-state index in [4.69, 9.17) is 10.3 Å². The van der Waals surface area contributed by atoms with E-state index in [0.717, 1.165) is 14.9 Å². The summed E-state index contributed by atoms with van der Waals surface area (Å²) in [6.45, 7) is 0. The van der Waals surface area contributed by atoms with Crippen LogP contribution in [0.4, 0.5) is 5.69 Å². The summed E-state index contributed by atoms with van der Waals surface area (Å²) < 4.78 is 6.35. The van der Waals surface area contributed by atoms with Gasteiger partial charge in [0.15, 0.2) is 5.82 Å². The number of hydrogen-bond acceptors (Lipinski definition) is 5. The topological polar surface area (TPSA) is 64.9 Å². The smallest absolute Gasteiger partial charge is 0.258 e. The molecule has 1 heterocycles. The molecule has 0 unspecified atom stereocenters. The van der Waals surface area contributed by atoms with Crippen LogP contribution in [0.15, 0.2) is 62.4 Å². The van der Waals surface area contributed by atoms with Crippen LogP contribution in [0.5, 0.6) is 0 Å². The lowest BCUT2D eigenvalue weighted by Gasteiger charge is -2.00. The van der Waals surface area contributed by atoms with Crippen molar-refractivity contribution in [1.29, 1.82) is 0 Å². The molecule has 0 aliphatic carbocycles. The standard InChI is InChI=1S/C15H12BrN3OS/c16-12-6-1-2-7-13(12)21-9-14-18-15(20-19-14)10-4-3-5-11(17)8-10/h1-8H,9,17H2. The lowest BCUT2D eigenvalue weighted by molar-refractivity contribution is 0.425. The van der Waals surface area contributed by atoms with Crippen LogP contribution in [0, 0.1) is 0 Å². The van der Waals surface area contributed by atoms with Crippen molar-refractivity contribution in [2.75, 3.05) is 5.73 Å². The fourth-order valence-corrected chi connectivity index (χ4v) is 3.22. The minimum atomic E-state index is 0.491. The maximum absolute atomic E-state index is 5.75. The number of halogens is 1. The van der Waals surface area contributed by atoms with Gasteiger partial charge in [0.05, 0.1) is 5.75 Å². The first-order valence-corrected chi connectivity index (χ1v) is 8.06. The van der Waals surface area contributed by atoms with Gasteiger partial charge in [0.1, 0.15) is 0 Å². The van der Waals surface area contributed by atoms with Crippen molar-refractivity contribution < 1.29 is 4.52 Å². The average Bonchev–Trinajstić information content (AvgIpc) is 2.95. The van der Waals surface area contributed by atoms with Gasteiger partial charge in [-0.25, -0.2) is 0 Å². The Morgan fingerprint density at radius 3 is 2.81 bits per heavy atom. The number of rotatable bonds is 4. The normalized spacial score (nSPS) is 10.7.